The zero-order valence-corrected chi connectivity index (χ0v) is 25.4. The van der Waals surface area contributed by atoms with Crippen molar-refractivity contribution < 1.29 is 9.66 Å². The van der Waals surface area contributed by atoms with E-state index < -0.39 is 11.0 Å². The molecule has 8 heteroatoms. The van der Waals surface area contributed by atoms with Crippen molar-refractivity contribution in [3.8, 4) is 5.75 Å². The Morgan fingerprint density at radius 1 is 0.913 bits per heavy atom. The number of thiazole rings is 1. The number of non-ortho nitro benzene ring substituents is 1. The second-order valence-electron chi connectivity index (χ2n) is 11.5. The molecule has 1 atom stereocenters. The molecular weight excluding hydrogens is 595 g/mol. The van der Waals surface area contributed by atoms with Gasteiger partial charge in [-0.25, -0.2) is 4.99 Å². The lowest BCUT2D eigenvalue weighted by Crippen LogP contribution is -2.38. The normalized spacial score (nSPS) is 15.6. The topological polar surface area (TPSA) is 86.7 Å². The molecule has 2 aliphatic rings. The molecule has 7 nitrogen and oxygen atoms in total. The first kappa shape index (κ1) is 27.9. The van der Waals surface area contributed by atoms with Gasteiger partial charge in [-0.3, -0.25) is 19.5 Å². The van der Waals surface area contributed by atoms with Crippen LogP contribution in [0.1, 0.15) is 40.3 Å². The number of benzene rings is 5. The van der Waals surface area contributed by atoms with Gasteiger partial charge < -0.3 is 4.74 Å². The summed E-state index contributed by atoms with van der Waals surface area (Å²) in [7, 11) is 0. The summed E-state index contributed by atoms with van der Waals surface area (Å²) in [4.78, 5) is 31.1. The van der Waals surface area contributed by atoms with Crippen molar-refractivity contribution in [1.29, 1.82) is 0 Å². The molecule has 0 spiro atoms. The van der Waals surface area contributed by atoms with E-state index in [2.05, 4.69) is 36.4 Å². The predicted octanol–water partition coefficient (Wildman–Crippen LogP) is 6.96. The van der Waals surface area contributed by atoms with Crippen LogP contribution >= 0.6 is 11.3 Å². The number of nitro benzene ring substituents is 1. The molecule has 1 aromatic heterocycles. The monoisotopic (exact) mass is 621 g/mol. The Labute approximate surface area is 267 Å². The SMILES string of the molecule is O=c1/c(=C\c2cccc(OCc3cccc4ccccc34)c2)sc2n1[C@@H](c1cccc([N+](=O)[O-])c1)C1=C(N=2)c2ccccc2CC1. The molecule has 0 amide bonds. The van der Waals surface area contributed by atoms with Crippen molar-refractivity contribution >= 4 is 39.6 Å². The summed E-state index contributed by atoms with van der Waals surface area (Å²) >= 11 is 1.33. The first-order chi connectivity index (χ1) is 22.5. The average Bonchev–Trinajstić information content (AvgIpc) is 3.40. The number of nitrogens with zero attached hydrogens (tertiary/aromatic N) is 3. The molecule has 0 radical (unpaired) electrons. The Hall–Kier alpha value is -5.60. The van der Waals surface area contributed by atoms with Gasteiger partial charge in [-0.05, 0) is 69.6 Å². The number of hydrogen-bond donors (Lipinski definition) is 0. The van der Waals surface area contributed by atoms with Gasteiger partial charge in [-0.2, -0.15) is 0 Å². The Morgan fingerprint density at radius 2 is 1.72 bits per heavy atom. The summed E-state index contributed by atoms with van der Waals surface area (Å²) in [6, 6.07) is 36.5. The van der Waals surface area contributed by atoms with E-state index in [0.29, 0.717) is 33.7 Å². The van der Waals surface area contributed by atoms with Gasteiger partial charge in [-0.1, -0.05) is 102 Å². The fourth-order valence-corrected chi connectivity index (χ4v) is 7.56. The lowest BCUT2D eigenvalue weighted by Gasteiger charge is -2.30. The highest BCUT2D eigenvalue weighted by molar-refractivity contribution is 7.07. The maximum atomic E-state index is 14.2. The zero-order chi connectivity index (χ0) is 31.2. The van der Waals surface area contributed by atoms with E-state index in [1.807, 2.05) is 66.7 Å². The molecule has 1 aliphatic carbocycles. The molecular formula is C38H27N3O4S. The van der Waals surface area contributed by atoms with Gasteiger partial charge in [0.25, 0.3) is 11.2 Å². The van der Waals surface area contributed by atoms with E-state index in [1.54, 1.807) is 16.7 Å². The minimum absolute atomic E-state index is 0.00435. The maximum Gasteiger partial charge on any atom is 0.271 e. The molecule has 0 saturated carbocycles. The molecule has 6 aromatic rings. The molecule has 0 saturated heterocycles. The summed E-state index contributed by atoms with van der Waals surface area (Å²) in [5.41, 5.74) is 6.58. The number of aryl methyl sites for hydroxylation is 1. The van der Waals surface area contributed by atoms with Gasteiger partial charge in [-0.15, -0.1) is 0 Å². The first-order valence-electron chi connectivity index (χ1n) is 15.1. The van der Waals surface area contributed by atoms with Crippen LogP contribution in [0.2, 0.25) is 0 Å². The third-order valence-corrected chi connectivity index (χ3v) is 9.68. The Bertz CT molecular complexity index is 2400. The number of ether oxygens (including phenoxy) is 1. The number of hydrogen-bond acceptors (Lipinski definition) is 6. The van der Waals surface area contributed by atoms with Crippen LogP contribution in [0.3, 0.4) is 0 Å². The summed E-state index contributed by atoms with van der Waals surface area (Å²) < 4.78 is 8.46. The van der Waals surface area contributed by atoms with Crippen LogP contribution in [0.25, 0.3) is 22.5 Å². The molecule has 8 rings (SSSR count). The largest absolute Gasteiger partial charge is 0.489 e. The molecule has 46 heavy (non-hydrogen) atoms. The number of allylic oxidation sites excluding steroid dienone is 1. The van der Waals surface area contributed by atoms with Crippen LogP contribution in [0.5, 0.6) is 5.75 Å². The number of aromatic nitrogens is 1. The molecule has 0 bridgehead atoms. The second kappa shape index (κ2) is 11.4. The molecule has 0 N–H and O–H groups in total. The van der Waals surface area contributed by atoms with Crippen LogP contribution < -0.4 is 19.6 Å². The van der Waals surface area contributed by atoms with Gasteiger partial charge in [0.05, 0.1) is 21.2 Å². The Morgan fingerprint density at radius 3 is 2.63 bits per heavy atom. The highest BCUT2D eigenvalue weighted by Crippen LogP contribution is 2.41. The van der Waals surface area contributed by atoms with Crippen molar-refractivity contribution in [1.82, 2.24) is 4.57 Å². The highest BCUT2D eigenvalue weighted by atomic mass is 32.1. The number of rotatable bonds is 6. The summed E-state index contributed by atoms with van der Waals surface area (Å²) in [5.74, 6) is 0.705. The molecule has 0 unspecified atom stereocenters. The number of fused-ring (bicyclic) bond motifs is 4. The first-order valence-corrected chi connectivity index (χ1v) is 15.9. The highest BCUT2D eigenvalue weighted by Gasteiger charge is 2.33. The standard InChI is InChI=1S/C38H27N3O4S/c42-37-34(21-24-8-5-15-30(20-24)45-23-28-13-6-11-25-9-1-3-16-31(25)28)46-38-39-35-32-17-4-2-10-26(32)18-19-33(35)36(40(37)38)27-12-7-14-29(22-27)41(43)44/h1-17,20-22,36H,18-19,23H2/b34-21+/t36-/m0/s1. The predicted molar refractivity (Wildman–Crippen MR) is 181 cm³/mol. The lowest BCUT2D eigenvalue weighted by atomic mass is 9.83. The van der Waals surface area contributed by atoms with Crippen LogP contribution in [-0.2, 0) is 13.0 Å². The van der Waals surface area contributed by atoms with Crippen LogP contribution in [0.15, 0.2) is 131 Å². The van der Waals surface area contributed by atoms with Crippen molar-refractivity contribution in [3.05, 3.63) is 178 Å². The average molecular weight is 622 g/mol. The van der Waals surface area contributed by atoms with E-state index in [4.69, 9.17) is 9.73 Å². The van der Waals surface area contributed by atoms with Gasteiger partial charge in [0.1, 0.15) is 12.4 Å². The van der Waals surface area contributed by atoms with Crippen molar-refractivity contribution in [2.45, 2.75) is 25.5 Å². The van der Waals surface area contributed by atoms with Crippen LogP contribution in [0.4, 0.5) is 5.69 Å². The Balaban J connectivity index is 1.20. The second-order valence-corrected chi connectivity index (χ2v) is 12.5. The molecule has 224 valence electrons. The van der Waals surface area contributed by atoms with Crippen LogP contribution in [0, 0.1) is 10.1 Å². The van der Waals surface area contributed by atoms with Gasteiger partial charge in [0.15, 0.2) is 4.80 Å². The summed E-state index contributed by atoms with van der Waals surface area (Å²) in [5, 5.41) is 14.0. The molecule has 1 aliphatic heterocycles. The van der Waals surface area contributed by atoms with E-state index in [9.17, 15) is 14.9 Å². The van der Waals surface area contributed by atoms with E-state index in [1.165, 1.54) is 28.4 Å². The Kier molecular flexibility index (Phi) is 6.92. The van der Waals surface area contributed by atoms with Crippen LogP contribution in [-0.4, -0.2) is 9.49 Å². The van der Waals surface area contributed by atoms with Crippen molar-refractivity contribution in [3.63, 3.8) is 0 Å². The smallest absolute Gasteiger partial charge is 0.271 e. The van der Waals surface area contributed by atoms with E-state index in [0.717, 1.165) is 39.8 Å². The van der Waals surface area contributed by atoms with Crippen molar-refractivity contribution in [2.24, 2.45) is 4.99 Å². The summed E-state index contributed by atoms with van der Waals surface area (Å²) in [6.45, 7) is 0.420. The van der Waals surface area contributed by atoms with Gasteiger partial charge >= 0.3 is 0 Å². The molecule has 5 aromatic carbocycles. The number of nitro groups is 1. The molecule has 0 fully saturated rings. The fourth-order valence-electron chi connectivity index (χ4n) is 6.56. The third-order valence-electron chi connectivity index (χ3n) is 8.70. The summed E-state index contributed by atoms with van der Waals surface area (Å²) in [6.07, 6.45) is 3.39. The minimum Gasteiger partial charge on any atom is -0.489 e. The maximum absolute atomic E-state index is 14.2. The fraction of sp³-hybridized carbons (Fsp3) is 0.105. The van der Waals surface area contributed by atoms with E-state index >= 15 is 0 Å². The minimum atomic E-state index is -0.489. The van der Waals surface area contributed by atoms with Gasteiger partial charge in [0.2, 0.25) is 0 Å². The van der Waals surface area contributed by atoms with E-state index in [-0.39, 0.29) is 11.2 Å². The van der Waals surface area contributed by atoms with Gasteiger partial charge in [0, 0.05) is 17.7 Å². The van der Waals surface area contributed by atoms with Crippen molar-refractivity contribution in [2.75, 3.05) is 0 Å². The lowest BCUT2D eigenvalue weighted by molar-refractivity contribution is -0.384. The quantitative estimate of drug-likeness (QED) is 0.149. The molecule has 2 heterocycles. The third kappa shape index (κ3) is 4.93. The zero-order valence-electron chi connectivity index (χ0n) is 24.6.